The molecule has 104 valence electrons. The van der Waals surface area contributed by atoms with E-state index in [1.165, 1.54) is 57.1 Å². The molecule has 0 radical (unpaired) electrons. The Hall–Kier alpha value is -0.790. The van der Waals surface area contributed by atoms with Crippen molar-refractivity contribution in [3.05, 3.63) is 18.2 Å². The zero-order chi connectivity index (χ0) is 13.4. The number of imidazole rings is 1. The molecule has 0 aliphatic carbocycles. The quantitative estimate of drug-likeness (QED) is 0.573. The van der Waals surface area contributed by atoms with Gasteiger partial charge in [-0.25, -0.2) is 4.98 Å². The van der Waals surface area contributed by atoms with Crippen molar-refractivity contribution in [1.29, 1.82) is 0 Å². The smallest absolute Gasteiger partial charge is 0.0947 e. The lowest BCUT2D eigenvalue weighted by molar-refractivity contribution is 0.361. The van der Waals surface area contributed by atoms with Crippen LogP contribution >= 0.6 is 0 Å². The summed E-state index contributed by atoms with van der Waals surface area (Å²) in [5, 5.41) is 0. The van der Waals surface area contributed by atoms with Gasteiger partial charge >= 0.3 is 0 Å². The monoisotopic (exact) mass is 250 g/mol. The summed E-state index contributed by atoms with van der Waals surface area (Å²) in [7, 11) is 2.06. The molecule has 2 heteroatoms. The Morgan fingerprint density at radius 3 is 2.28 bits per heavy atom. The van der Waals surface area contributed by atoms with E-state index in [0.717, 1.165) is 0 Å². The van der Waals surface area contributed by atoms with Crippen molar-refractivity contribution in [1.82, 2.24) is 9.55 Å². The number of aromatic nitrogens is 2. The van der Waals surface area contributed by atoms with Gasteiger partial charge in [-0.3, -0.25) is 0 Å². The highest BCUT2D eigenvalue weighted by Crippen LogP contribution is 2.33. The van der Waals surface area contributed by atoms with Crippen LogP contribution in [0.5, 0.6) is 0 Å². The van der Waals surface area contributed by atoms with Crippen molar-refractivity contribution < 1.29 is 0 Å². The average molecular weight is 250 g/mol. The van der Waals surface area contributed by atoms with Gasteiger partial charge in [0.1, 0.15) is 0 Å². The van der Waals surface area contributed by atoms with Crippen LogP contribution in [0.3, 0.4) is 0 Å². The van der Waals surface area contributed by atoms with Gasteiger partial charge in [-0.05, 0) is 12.8 Å². The molecule has 0 fully saturated rings. The Kier molecular flexibility index (Phi) is 6.45. The van der Waals surface area contributed by atoms with Gasteiger partial charge in [0.25, 0.3) is 0 Å². The summed E-state index contributed by atoms with van der Waals surface area (Å²) < 4.78 is 2.07. The first kappa shape index (κ1) is 15.3. The molecule has 0 saturated carbocycles. The summed E-state index contributed by atoms with van der Waals surface area (Å²) in [4.78, 5) is 4.60. The third-order valence-corrected chi connectivity index (χ3v) is 3.99. The number of aryl methyl sites for hydroxylation is 1. The number of nitrogens with zero attached hydrogens (tertiary/aromatic N) is 2. The third-order valence-electron chi connectivity index (χ3n) is 3.99. The van der Waals surface area contributed by atoms with Gasteiger partial charge in [-0.15, -0.1) is 0 Å². The fourth-order valence-electron chi connectivity index (χ4n) is 2.61. The predicted molar refractivity (Wildman–Crippen MR) is 78.8 cm³/mol. The summed E-state index contributed by atoms with van der Waals surface area (Å²) in [6, 6.07) is 0. The van der Waals surface area contributed by atoms with Crippen molar-refractivity contribution in [3.63, 3.8) is 0 Å². The Labute approximate surface area is 113 Å². The summed E-state index contributed by atoms with van der Waals surface area (Å²) in [6.07, 6.45) is 14.7. The molecule has 1 aromatic rings. The highest BCUT2D eigenvalue weighted by molar-refractivity contribution is 5.12. The number of rotatable bonds is 9. The van der Waals surface area contributed by atoms with Crippen molar-refractivity contribution >= 4 is 0 Å². The van der Waals surface area contributed by atoms with Gasteiger partial charge in [0, 0.05) is 18.7 Å². The van der Waals surface area contributed by atoms with Gasteiger partial charge in [-0.2, -0.15) is 0 Å². The van der Waals surface area contributed by atoms with Crippen LogP contribution in [0.1, 0.15) is 77.8 Å². The lowest BCUT2D eigenvalue weighted by atomic mass is 9.77. The molecule has 0 aliphatic rings. The molecule has 2 nitrogen and oxygen atoms in total. The number of hydrogen-bond donors (Lipinski definition) is 0. The van der Waals surface area contributed by atoms with Crippen molar-refractivity contribution in [3.8, 4) is 0 Å². The Morgan fingerprint density at radius 1 is 1.06 bits per heavy atom. The molecule has 1 unspecified atom stereocenters. The van der Waals surface area contributed by atoms with Gasteiger partial charge < -0.3 is 4.57 Å². The molecular weight excluding hydrogens is 220 g/mol. The standard InChI is InChI=1S/C16H30N2/c1-5-7-9-10-12-16(3,11-8-6-2)15-13-18(4)14-17-15/h13-14H,5-12H2,1-4H3. The molecule has 0 saturated heterocycles. The molecular formula is C16H30N2. The van der Waals surface area contributed by atoms with Crippen LogP contribution in [0.2, 0.25) is 0 Å². The molecule has 1 aromatic heterocycles. The second kappa shape index (κ2) is 7.60. The second-order valence-electron chi connectivity index (χ2n) is 5.90. The summed E-state index contributed by atoms with van der Waals surface area (Å²) in [5.74, 6) is 0. The zero-order valence-corrected chi connectivity index (χ0v) is 12.7. The van der Waals surface area contributed by atoms with Crippen LogP contribution in [-0.4, -0.2) is 9.55 Å². The largest absolute Gasteiger partial charge is 0.340 e. The van der Waals surface area contributed by atoms with E-state index in [2.05, 4.69) is 43.6 Å². The zero-order valence-electron chi connectivity index (χ0n) is 12.7. The van der Waals surface area contributed by atoms with E-state index in [-0.39, 0.29) is 5.41 Å². The fourth-order valence-corrected chi connectivity index (χ4v) is 2.61. The molecule has 1 atom stereocenters. The average Bonchev–Trinajstić information content (AvgIpc) is 2.80. The molecule has 1 rings (SSSR count). The van der Waals surface area contributed by atoms with E-state index < -0.39 is 0 Å². The van der Waals surface area contributed by atoms with E-state index in [1.54, 1.807) is 0 Å². The molecule has 1 heterocycles. The molecule has 0 amide bonds. The fraction of sp³-hybridized carbons (Fsp3) is 0.812. The molecule has 0 bridgehead atoms. The molecule has 0 spiro atoms. The van der Waals surface area contributed by atoms with E-state index in [4.69, 9.17) is 0 Å². The van der Waals surface area contributed by atoms with Crippen LogP contribution < -0.4 is 0 Å². The Bertz CT molecular complexity index is 330. The SMILES string of the molecule is CCCCCCC(C)(CCCC)c1cn(C)cn1. The van der Waals surface area contributed by atoms with Crippen LogP contribution in [0, 0.1) is 0 Å². The Morgan fingerprint density at radius 2 is 1.72 bits per heavy atom. The minimum atomic E-state index is 0.283. The first-order valence-electron chi connectivity index (χ1n) is 7.61. The third kappa shape index (κ3) is 4.47. The van der Waals surface area contributed by atoms with Crippen LogP contribution in [-0.2, 0) is 12.5 Å². The second-order valence-corrected chi connectivity index (χ2v) is 5.90. The maximum atomic E-state index is 4.60. The van der Waals surface area contributed by atoms with Crippen molar-refractivity contribution in [2.45, 2.75) is 77.6 Å². The Balaban J connectivity index is 2.62. The molecule has 0 aromatic carbocycles. The first-order chi connectivity index (χ1) is 8.62. The minimum absolute atomic E-state index is 0.283. The molecule has 0 aliphatic heterocycles. The molecule has 18 heavy (non-hydrogen) atoms. The van der Waals surface area contributed by atoms with Gasteiger partial charge in [0.05, 0.1) is 12.0 Å². The van der Waals surface area contributed by atoms with Crippen LogP contribution in [0.15, 0.2) is 12.5 Å². The number of unbranched alkanes of at least 4 members (excludes halogenated alkanes) is 4. The van der Waals surface area contributed by atoms with Gasteiger partial charge in [-0.1, -0.05) is 59.3 Å². The van der Waals surface area contributed by atoms with Crippen LogP contribution in [0.4, 0.5) is 0 Å². The van der Waals surface area contributed by atoms with Gasteiger partial charge in [0.15, 0.2) is 0 Å². The normalized spacial score (nSPS) is 14.7. The van der Waals surface area contributed by atoms with E-state index in [1.807, 2.05) is 6.33 Å². The van der Waals surface area contributed by atoms with E-state index in [9.17, 15) is 0 Å². The maximum absolute atomic E-state index is 4.60. The number of hydrogen-bond acceptors (Lipinski definition) is 1. The molecule has 0 N–H and O–H groups in total. The lowest BCUT2D eigenvalue weighted by Crippen LogP contribution is -2.22. The van der Waals surface area contributed by atoms with E-state index >= 15 is 0 Å². The topological polar surface area (TPSA) is 17.8 Å². The highest BCUT2D eigenvalue weighted by atomic mass is 15.0. The lowest BCUT2D eigenvalue weighted by Gasteiger charge is -2.28. The highest BCUT2D eigenvalue weighted by Gasteiger charge is 2.27. The summed E-state index contributed by atoms with van der Waals surface area (Å²) in [6.45, 7) is 6.95. The predicted octanol–water partition coefficient (Wildman–Crippen LogP) is 4.84. The minimum Gasteiger partial charge on any atom is -0.340 e. The van der Waals surface area contributed by atoms with Crippen molar-refractivity contribution in [2.75, 3.05) is 0 Å². The summed E-state index contributed by atoms with van der Waals surface area (Å²) >= 11 is 0. The van der Waals surface area contributed by atoms with Gasteiger partial charge in [0.2, 0.25) is 0 Å². The summed E-state index contributed by atoms with van der Waals surface area (Å²) in [5.41, 5.74) is 1.57. The maximum Gasteiger partial charge on any atom is 0.0947 e. The van der Waals surface area contributed by atoms with Crippen LogP contribution in [0.25, 0.3) is 0 Å². The van der Waals surface area contributed by atoms with Crippen molar-refractivity contribution in [2.24, 2.45) is 7.05 Å². The first-order valence-corrected chi connectivity index (χ1v) is 7.61. The van der Waals surface area contributed by atoms with E-state index in [0.29, 0.717) is 0 Å².